The number of Topliss-reactive ketones (excluding diaryl/α,β-unsaturated/α-hetero) is 1. The molecule has 2 rings (SSSR count). The summed E-state index contributed by atoms with van der Waals surface area (Å²) < 4.78 is 0. The molecule has 1 amide bonds. The van der Waals surface area contributed by atoms with Crippen molar-refractivity contribution < 1.29 is 9.59 Å². The van der Waals surface area contributed by atoms with Crippen molar-refractivity contribution in [3.63, 3.8) is 0 Å². The predicted octanol–water partition coefficient (Wildman–Crippen LogP) is 3.14. The van der Waals surface area contributed by atoms with Crippen LogP contribution < -0.4 is 10.6 Å². The highest BCUT2D eigenvalue weighted by Gasteiger charge is 2.32. The van der Waals surface area contributed by atoms with Gasteiger partial charge in [0, 0.05) is 23.2 Å². The van der Waals surface area contributed by atoms with E-state index in [0.29, 0.717) is 12.0 Å². The fourth-order valence-electron chi connectivity index (χ4n) is 3.04. The molecule has 1 aliphatic carbocycles. The number of carbonyl (C=O) groups is 2. The quantitative estimate of drug-likeness (QED) is 0.818. The number of nitrogens with one attached hydrogen (secondary N) is 2. The first-order chi connectivity index (χ1) is 10.0. The van der Waals surface area contributed by atoms with Crippen molar-refractivity contribution in [2.75, 3.05) is 12.4 Å². The third-order valence-electron chi connectivity index (χ3n) is 4.42. The highest BCUT2D eigenvalue weighted by molar-refractivity contribution is 5.95. The lowest BCUT2D eigenvalue weighted by molar-refractivity contribution is -0.117. The van der Waals surface area contributed by atoms with Crippen molar-refractivity contribution in [3.05, 3.63) is 29.8 Å². The van der Waals surface area contributed by atoms with Gasteiger partial charge in [0.15, 0.2) is 5.78 Å². The van der Waals surface area contributed by atoms with E-state index in [-0.39, 0.29) is 17.2 Å². The minimum atomic E-state index is -0.0539. The first-order valence-corrected chi connectivity index (χ1v) is 7.64. The fourth-order valence-corrected chi connectivity index (χ4v) is 3.04. The average Bonchev–Trinajstić information content (AvgIpc) is 2.48. The van der Waals surface area contributed by atoms with Crippen LogP contribution in [0, 0.1) is 0 Å². The molecule has 114 valence electrons. The molecule has 0 heterocycles. The van der Waals surface area contributed by atoms with Gasteiger partial charge >= 0.3 is 0 Å². The summed E-state index contributed by atoms with van der Waals surface area (Å²) in [6.45, 7) is 1.54. The lowest BCUT2D eigenvalue weighted by Gasteiger charge is -2.36. The van der Waals surface area contributed by atoms with Gasteiger partial charge in [-0.2, -0.15) is 0 Å². The van der Waals surface area contributed by atoms with Gasteiger partial charge in [-0.15, -0.1) is 0 Å². The molecule has 4 heteroatoms. The zero-order chi connectivity index (χ0) is 15.3. The van der Waals surface area contributed by atoms with E-state index >= 15 is 0 Å². The summed E-state index contributed by atoms with van der Waals surface area (Å²) in [5, 5.41) is 6.28. The molecule has 2 N–H and O–H groups in total. The molecule has 0 aromatic heterocycles. The van der Waals surface area contributed by atoms with E-state index in [1.165, 1.54) is 26.2 Å². The summed E-state index contributed by atoms with van der Waals surface area (Å²) in [5.74, 6) is 0.0612. The first-order valence-electron chi connectivity index (χ1n) is 7.64. The number of rotatable bonds is 5. The molecular formula is C17H24N2O2. The lowest BCUT2D eigenvalue weighted by atomic mass is 9.79. The molecule has 0 aliphatic heterocycles. The summed E-state index contributed by atoms with van der Waals surface area (Å²) in [5.41, 5.74) is 1.35. The Morgan fingerprint density at radius 2 is 1.71 bits per heavy atom. The Bertz CT molecular complexity index is 502. The van der Waals surface area contributed by atoms with E-state index in [9.17, 15) is 9.59 Å². The summed E-state index contributed by atoms with van der Waals surface area (Å²) in [6.07, 6.45) is 6.23. The van der Waals surface area contributed by atoms with Gasteiger partial charge in [0.05, 0.1) is 0 Å². The molecule has 1 aromatic carbocycles. The van der Waals surface area contributed by atoms with Crippen LogP contribution in [0.2, 0.25) is 0 Å². The van der Waals surface area contributed by atoms with Crippen LogP contribution in [0.15, 0.2) is 24.3 Å². The fraction of sp³-hybridized carbons (Fsp3) is 0.529. The minimum absolute atomic E-state index is 0.0295. The van der Waals surface area contributed by atoms with Crippen LogP contribution in [0.5, 0.6) is 0 Å². The normalized spacial score (nSPS) is 17.2. The smallest absolute Gasteiger partial charge is 0.226 e. The number of hydrogen-bond acceptors (Lipinski definition) is 3. The van der Waals surface area contributed by atoms with E-state index in [2.05, 4.69) is 10.6 Å². The molecule has 21 heavy (non-hydrogen) atoms. The monoisotopic (exact) mass is 288 g/mol. The zero-order valence-corrected chi connectivity index (χ0v) is 12.9. The van der Waals surface area contributed by atoms with E-state index in [0.717, 1.165) is 18.5 Å². The van der Waals surface area contributed by atoms with Crippen molar-refractivity contribution in [2.24, 2.45) is 0 Å². The first kappa shape index (κ1) is 15.7. The minimum Gasteiger partial charge on any atom is -0.326 e. The SMILES string of the molecule is CNC1(CC(=O)Nc2ccc(C(C)=O)cc2)CCCCC1. The number of amides is 1. The molecule has 0 saturated heterocycles. The van der Waals surface area contributed by atoms with Gasteiger partial charge in [-0.25, -0.2) is 0 Å². The molecule has 0 radical (unpaired) electrons. The molecule has 0 atom stereocenters. The van der Waals surface area contributed by atoms with Crippen LogP contribution >= 0.6 is 0 Å². The van der Waals surface area contributed by atoms with Crippen LogP contribution in [0.25, 0.3) is 0 Å². The second-order valence-corrected chi connectivity index (χ2v) is 5.95. The van der Waals surface area contributed by atoms with E-state index in [1.807, 2.05) is 7.05 Å². The standard InChI is InChI=1S/C17H24N2O2/c1-13(20)14-6-8-15(9-7-14)19-16(21)12-17(18-2)10-4-3-5-11-17/h6-9,18H,3-5,10-12H2,1-2H3,(H,19,21). The molecular weight excluding hydrogens is 264 g/mol. The van der Waals surface area contributed by atoms with Gasteiger partial charge in [0.2, 0.25) is 5.91 Å². The number of anilines is 1. The molecule has 1 aliphatic rings. The zero-order valence-electron chi connectivity index (χ0n) is 12.9. The summed E-state index contributed by atoms with van der Waals surface area (Å²) in [6, 6.07) is 7.04. The van der Waals surface area contributed by atoms with Gasteiger partial charge in [0.1, 0.15) is 0 Å². The molecule has 0 spiro atoms. The Morgan fingerprint density at radius 1 is 1.10 bits per heavy atom. The Hall–Kier alpha value is -1.68. The van der Waals surface area contributed by atoms with Gasteiger partial charge in [0.25, 0.3) is 0 Å². The van der Waals surface area contributed by atoms with Crippen molar-refractivity contribution >= 4 is 17.4 Å². The predicted molar refractivity (Wildman–Crippen MR) is 84.6 cm³/mol. The maximum absolute atomic E-state index is 12.2. The number of ketones is 1. The Balaban J connectivity index is 1.95. The van der Waals surface area contributed by atoms with Crippen LogP contribution in [-0.2, 0) is 4.79 Å². The summed E-state index contributed by atoms with van der Waals surface area (Å²) >= 11 is 0. The highest BCUT2D eigenvalue weighted by Crippen LogP contribution is 2.31. The van der Waals surface area contributed by atoms with Crippen molar-refractivity contribution in [2.45, 2.75) is 51.0 Å². The maximum Gasteiger partial charge on any atom is 0.226 e. The van der Waals surface area contributed by atoms with Gasteiger partial charge in [-0.05, 0) is 51.1 Å². The topological polar surface area (TPSA) is 58.2 Å². The van der Waals surface area contributed by atoms with Crippen LogP contribution in [0.3, 0.4) is 0 Å². The van der Waals surface area contributed by atoms with Crippen LogP contribution in [-0.4, -0.2) is 24.3 Å². The second-order valence-electron chi connectivity index (χ2n) is 5.95. The summed E-state index contributed by atoms with van der Waals surface area (Å²) in [4.78, 5) is 23.5. The molecule has 0 unspecified atom stereocenters. The lowest BCUT2D eigenvalue weighted by Crippen LogP contribution is -2.47. The molecule has 4 nitrogen and oxygen atoms in total. The Labute approximate surface area is 126 Å². The summed E-state index contributed by atoms with van der Waals surface area (Å²) in [7, 11) is 1.94. The molecule has 1 saturated carbocycles. The largest absolute Gasteiger partial charge is 0.326 e. The molecule has 0 bridgehead atoms. The number of benzene rings is 1. The highest BCUT2D eigenvalue weighted by atomic mass is 16.1. The average molecular weight is 288 g/mol. The molecule has 1 aromatic rings. The van der Waals surface area contributed by atoms with Crippen molar-refractivity contribution in [3.8, 4) is 0 Å². The Kier molecular flexibility index (Phi) is 5.12. The van der Waals surface area contributed by atoms with E-state index < -0.39 is 0 Å². The molecule has 1 fully saturated rings. The van der Waals surface area contributed by atoms with Crippen LogP contribution in [0.1, 0.15) is 55.8 Å². The van der Waals surface area contributed by atoms with E-state index in [1.54, 1.807) is 24.3 Å². The van der Waals surface area contributed by atoms with Crippen molar-refractivity contribution in [1.29, 1.82) is 0 Å². The third-order valence-corrected chi connectivity index (χ3v) is 4.42. The van der Waals surface area contributed by atoms with Gasteiger partial charge in [-0.1, -0.05) is 19.3 Å². The van der Waals surface area contributed by atoms with Gasteiger partial charge in [-0.3, -0.25) is 9.59 Å². The second kappa shape index (κ2) is 6.85. The maximum atomic E-state index is 12.2. The number of carbonyl (C=O) groups excluding carboxylic acids is 2. The van der Waals surface area contributed by atoms with Gasteiger partial charge < -0.3 is 10.6 Å². The van der Waals surface area contributed by atoms with Crippen LogP contribution in [0.4, 0.5) is 5.69 Å². The Morgan fingerprint density at radius 3 is 2.24 bits per heavy atom. The number of hydrogen-bond donors (Lipinski definition) is 2. The third kappa shape index (κ3) is 4.14. The van der Waals surface area contributed by atoms with Crippen molar-refractivity contribution in [1.82, 2.24) is 5.32 Å². The van der Waals surface area contributed by atoms with E-state index in [4.69, 9.17) is 0 Å².